The van der Waals surface area contributed by atoms with Gasteiger partial charge in [0.25, 0.3) is 0 Å². The molecule has 0 saturated heterocycles. The van der Waals surface area contributed by atoms with Gasteiger partial charge in [0.1, 0.15) is 0 Å². The average Bonchev–Trinajstić information content (AvgIpc) is 2.63. The fraction of sp³-hybridized carbons (Fsp3) is 0.250. The number of carbonyl (C=O) groups excluding carboxylic acids is 1. The molecule has 0 radical (unpaired) electrons. The molecular weight excluding hydrogens is 202 g/mol. The Labute approximate surface area is 93.8 Å². The van der Waals surface area contributed by atoms with E-state index in [2.05, 4.69) is 10.3 Å². The highest BCUT2D eigenvalue weighted by Gasteiger charge is 2.05. The molecule has 0 spiro atoms. The first-order chi connectivity index (χ1) is 7.68. The quantitative estimate of drug-likeness (QED) is 0.680. The lowest BCUT2D eigenvalue weighted by Crippen LogP contribution is -2.22. The Morgan fingerprint density at radius 3 is 3.06 bits per heavy atom. The van der Waals surface area contributed by atoms with Crippen molar-refractivity contribution in [2.75, 3.05) is 12.3 Å². The van der Waals surface area contributed by atoms with Crippen molar-refractivity contribution in [2.45, 2.75) is 13.3 Å². The number of hydrogen-bond acceptors (Lipinski definition) is 2. The fourth-order valence-electron chi connectivity index (χ4n) is 1.82. The topological polar surface area (TPSA) is 70.9 Å². The minimum atomic E-state index is -0.000597. The van der Waals surface area contributed by atoms with Crippen LogP contribution in [0.3, 0.4) is 0 Å². The molecule has 0 atom stereocenters. The summed E-state index contributed by atoms with van der Waals surface area (Å²) in [6.45, 7) is 2.17. The van der Waals surface area contributed by atoms with Crippen LogP contribution < -0.4 is 11.1 Å². The lowest BCUT2D eigenvalue weighted by Gasteiger charge is -2.01. The Hall–Kier alpha value is -1.97. The van der Waals surface area contributed by atoms with Crippen LogP contribution in [0.4, 0.5) is 5.69 Å². The van der Waals surface area contributed by atoms with Crippen LogP contribution in [-0.4, -0.2) is 17.4 Å². The van der Waals surface area contributed by atoms with Gasteiger partial charge < -0.3 is 16.0 Å². The number of hydrogen-bond donors (Lipinski definition) is 3. The molecule has 0 bridgehead atoms. The highest BCUT2D eigenvalue weighted by Crippen LogP contribution is 2.23. The van der Waals surface area contributed by atoms with Gasteiger partial charge in [-0.25, -0.2) is 0 Å². The molecule has 0 unspecified atom stereocenters. The van der Waals surface area contributed by atoms with Crippen molar-refractivity contribution in [3.05, 3.63) is 30.0 Å². The van der Waals surface area contributed by atoms with Crippen molar-refractivity contribution in [1.29, 1.82) is 0 Å². The van der Waals surface area contributed by atoms with Crippen LogP contribution in [0, 0.1) is 0 Å². The number of amides is 1. The molecule has 84 valence electrons. The first kappa shape index (κ1) is 10.5. The molecule has 0 fully saturated rings. The zero-order chi connectivity index (χ0) is 11.5. The third kappa shape index (κ3) is 2.00. The highest BCUT2D eigenvalue weighted by molar-refractivity contribution is 5.92. The number of nitrogens with one attached hydrogen (secondary N) is 2. The normalized spacial score (nSPS) is 10.6. The van der Waals surface area contributed by atoms with Gasteiger partial charge in [-0.05, 0) is 18.1 Å². The second-order valence-electron chi connectivity index (χ2n) is 3.82. The van der Waals surface area contributed by atoms with Gasteiger partial charge in [0, 0.05) is 25.1 Å². The van der Waals surface area contributed by atoms with Gasteiger partial charge in [-0.15, -0.1) is 0 Å². The van der Waals surface area contributed by atoms with Crippen LogP contribution in [0.25, 0.3) is 10.9 Å². The molecule has 1 heterocycles. The zero-order valence-electron chi connectivity index (χ0n) is 9.21. The van der Waals surface area contributed by atoms with Gasteiger partial charge in [0.15, 0.2) is 0 Å². The first-order valence-electron chi connectivity index (χ1n) is 5.27. The molecule has 1 aromatic carbocycles. The van der Waals surface area contributed by atoms with Crippen LogP contribution in [0.1, 0.15) is 12.5 Å². The van der Waals surface area contributed by atoms with Crippen LogP contribution in [0.2, 0.25) is 0 Å². The van der Waals surface area contributed by atoms with Gasteiger partial charge >= 0.3 is 0 Å². The van der Waals surface area contributed by atoms with Crippen molar-refractivity contribution in [3.63, 3.8) is 0 Å². The lowest BCUT2D eigenvalue weighted by molar-refractivity contribution is -0.118. The fourth-order valence-corrected chi connectivity index (χ4v) is 1.82. The van der Waals surface area contributed by atoms with Crippen LogP contribution >= 0.6 is 0 Å². The highest BCUT2D eigenvalue weighted by atomic mass is 16.1. The third-order valence-electron chi connectivity index (χ3n) is 2.60. The van der Waals surface area contributed by atoms with Crippen LogP contribution in [0.5, 0.6) is 0 Å². The molecule has 4 N–H and O–H groups in total. The molecule has 0 aliphatic rings. The standard InChI is InChI=1S/C12H15N3O/c1-8(16)14-6-5-9-7-15-12-10(9)3-2-4-11(12)13/h2-4,7,15H,5-6,13H2,1H3,(H,14,16). The Morgan fingerprint density at radius 2 is 2.31 bits per heavy atom. The minimum Gasteiger partial charge on any atom is -0.397 e. The molecule has 1 aromatic heterocycles. The van der Waals surface area contributed by atoms with Gasteiger partial charge in [0.05, 0.1) is 11.2 Å². The van der Waals surface area contributed by atoms with Gasteiger partial charge in [-0.2, -0.15) is 0 Å². The summed E-state index contributed by atoms with van der Waals surface area (Å²) in [4.78, 5) is 13.9. The monoisotopic (exact) mass is 217 g/mol. The van der Waals surface area contributed by atoms with E-state index in [1.165, 1.54) is 12.5 Å². The van der Waals surface area contributed by atoms with E-state index in [0.717, 1.165) is 23.0 Å². The number of anilines is 1. The second kappa shape index (κ2) is 4.26. The van der Waals surface area contributed by atoms with Crippen molar-refractivity contribution >= 4 is 22.5 Å². The SMILES string of the molecule is CC(=O)NCCc1c[nH]c2c(N)cccc12. The van der Waals surface area contributed by atoms with E-state index >= 15 is 0 Å². The van der Waals surface area contributed by atoms with Crippen molar-refractivity contribution in [3.8, 4) is 0 Å². The molecule has 0 aliphatic carbocycles. The van der Waals surface area contributed by atoms with Crippen LogP contribution in [-0.2, 0) is 11.2 Å². The lowest BCUT2D eigenvalue weighted by atomic mass is 10.1. The third-order valence-corrected chi connectivity index (χ3v) is 2.60. The maximum Gasteiger partial charge on any atom is 0.216 e. The zero-order valence-corrected chi connectivity index (χ0v) is 9.21. The number of para-hydroxylation sites is 1. The molecule has 4 nitrogen and oxygen atoms in total. The van der Waals surface area contributed by atoms with Gasteiger partial charge in [-0.1, -0.05) is 12.1 Å². The van der Waals surface area contributed by atoms with E-state index in [0.29, 0.717) is 6.54 Å². The Morgan fingerprint density at radius 1 is 1.50 bits per heavy atom. The minimum absolute atomic E-state index is 0.000597. The summed E-state index contributed by atoms with van der Waals surface area (Å²) in [5.41, 5.74) is 8.75. The number of fused-ring (bicyclic) bond motifs is 1. The molecule has 1 amide bonds. The average molecular weight is 217 g/mol. The van der Waals surface area contributed by atoms with Gasteiger partial charge in [0.2, 0.25) is 5.91 Å². The Balaban J connectivity index is 2.19. The maximum absolute atomic E-state index is 10.8. The van der Waals surface area contributed by atoms with E-state index in [4.69, 9.17) is 5.73 Å². The number of H-pyrrole nitrogens is 1. The molecule has 0 aliphatic heterocycles. The molecule has 16 heavy (non-hydrogen) atoms. The number of nitrogen functional groups attached to an aromatic ring is 1. The summed E-state index contributed by atoms with van der Waals surface area (Å²) in [5.74, 6) is -0.000597. The number of aromatic amines is 1. The summed E-state index contributed by atoms with van der Waals surface area (Å²) in [6, 6.07) is 5.84. The predicted molar refractivity (Wildman–Crippen MR) is 65.1 cm³/mol. The van der Waals surface area contributed by atoms with Crippen molar-refractivity contribution in [1.82, 2.24) is 10.3 Å². The van der Waals surface area contributed by atoms with E-state index in [1.54, 1.807) is 0 Å². The van der Waals surface area contributed by atoms with E-state index in [9.17, 15) is 4.79 Å². The number of benzene rings is 1. The molecule has 4 heteroatoms. The number of aromatic nitrogens is 1. The second-order valence-corrected chi connectivity index (χ2v) is 3.82. The smallest absolute Gasteiger partial charge is 0.216 e. The molecular formula is C12H15N3O. The van der Waals surface area contributed by atoms with E-state index < -0.39 is 0 Å². The maximum atomic E-state index is 10.8. The van der Waals surface area contributed by atoms with E-state index in [-0.39, 0.29) is 5.91 Å². The molecule has 0 saturated carbocycles. The Kier molecular flexibility index (Phi) is 2.81. The van der Waals surface area contributed by atoms with Crippen molar-refractivity contribution in [2.24, 2.45) is 0 Å². The first-order valence-corrected chi connectivity index (χ1v) is 5.27. The molecule has 2 aromatic rings. The summed E-state index contributed by atoms with van der Waals surface area (Å²) in [6.07, 6.45) is 2.76. The van der Waals surface area contributed by atoms with E-state index in [1.807, 2.05) is 24.4 Å². The van der Waals surface area contributed by atoms with Gasteiger partial charge in [-0.3, -0.25) is 4.79 Å². The predicted octanol–water partition coefficient (Wildman–Crippen LogP) is 1.43. The number of rotatable bonds is 3. The van der Waals surface area contributed by atoms with Crippen molar-refractivity contribution < 1.29 is 4.79 Å². The largest absolute Gasteiger partial charge is 0.397 e. The summed E-state index contributed by atoms with van der Waals surface area (Å²) in [7, 11) is 0. The Bertz CT molecular complexity index is 516. The summed E-state index contributed by atoms with van der Waals surface area (Å²) < 4.78 is 0. The number of nitrogens with two attached hydrogens (primary N) is 1. The van der Waals surface area contributed by atoms with Crippen LogP contribution in [0.15, 0.2) is 24.4 Å². The summed E-state index contributed by atoms with van der Waals surface area (Å²) >= 11 is 0. The molecule has 2 rings (SSSR count). The summed E-state index contributed by atoms with van der Waals surface area (Å²) in [5, 5.41) is 3.91. The number of carbonyl (C=O) groups is 1.